The molecule has 0 N–H and O–H groups in total. The highest BCUT2D eigenvalue weighted by Gasteiger charge is 2.17. The van der Waals surface area contributed by atoms with Crippen LogP contribution in [0.2, 0.25) is 5.15 Å². The number of methoxy groups -OCH3 is 1. The lowest BCUT2D eigenvalue weighted by Crippen LogP contribution is -2.08. The fourth-order valence-electron chi connectivity index (χ4n) is 2.29. The van der Waals surface area contributed by atoms with Crippen LogP contribution in [0.1, 0.15) is 39.7 Å². The normalized spacial score (nSPS) is 12.4. The van der Waals surface area contributed by atoms with Gasteiger partial charge in [-0.25, -0.2) is 9.97 Å². The number of aromatic nitrogens is 3. The van der Waals surface area contributed by atoms with Crippen molar-refractivity contribution in [3.05, 3.63) is 22.1 Å². The average molecular weight is 363 g/mol. The summed E-state index contributed by atoms with van der Waals surface area (Å²) in [5.74, 6) is 0. The standard InChI is InChI=1S/C13H17BrClN3O.CH4/c1-3-9(5-4-6-19-2)18-7-10(14)11-12(15)16-8-17-13(11)18;/h7-9H,3-6H2,1-2H3;1H4. The number of nitrogens with zero attached hydrogens (tertiary/aromatic N) is 3. The van der Waals surface area contributed by atoms with E-state index in [4.69, 9.17) is 16.3 Å². The number of halogens is 2. The Morgan fingerprint density at radius 3 is 2.85 bits per heavy atom. The molecule has 2 aromatic heterocycles. The number of hydrogen-bond acceptors (Lipinski definition) is 3. The highest BCUT2D eigenvalue weighted by Crippen LogP contribution is 2.33. The molecular weight excluding hydrogens is 342 g/mol. The predicted octanol–water partition coefficient (Wildman–Crippen LogP) is 4.86. The van der Waals surface area contributed by atoms with Gasteiger partial charge in [0.1, 0.15) is 17.1 Å². The SMILES string of the molecule is C.CCC(CCCOC)n1cc(Br)c2c(Cl)ncnc21. The summed E-state index contributed by atoms with van der Waals surface area (Å²) in [4.78, 5) is 8.40. The van der Waals surface area contributed by atoms with Crippen LogP contribution in [0.5, 0.6) is 0 Å². The van der Waals surface area contributed by atoms with Gasteiger partial charge in [-0.15, -0.1) is 0 Å². The molecule has 0 spiro atoms. The molecule has 6 heteroatoms. The molecule has 4 nitrogen and oxygen atoms in total. The maximum Gasteiger partial charge on any atom is 0.146 e. The van der Waals surface area contributed by atoms with E-state index in [2.05, 4.69) is 37.4 Å². The van der Waals surface area contributed by atoms with Crippen molar-refractivity contribution in [2.45, 2.75) is 39.7 Å². The van der Waals surface area contributed by atoms with E-state index >= 15 is 0 Å². The van der Waals surface area contributed by atoms with Crippen LogP contribution in [0.25, 0.3) is 11.0 Å². The van der Waals surface area contributed by atoms with Crippen molar-refractivity contribution in [2.75, 3.05) is 13.7 Å². The summed E-state index contributed by atoms with van der Waals surface area (Å²) in [6.45, 7) is 2.96. The molecular formula is C14H21BrClN3O. The Kier molecular flexibility index (Phi) is 6.92. The highest BCUT2D eigenvalue weighted by atomic mass is 79.9. The second-order valence-electron chi connectivity index (χ2n) is 4.44. The predicted molar refractivity (Wildman–Crippen MR) is 87.4 cm³/mol. The molecule has 1 atom stereocenters. The van der Waals surface area contributed by atoms with Gasteiger partial charge >= 0.3 is 0 Å². The van der Waals surface area contributed by atoms with Crippen LogP contribution in [0.15, 0.2) is 17.0 Å². The molecule has 0 radical (unpaired) electrons. The molecule has 0 fully saturated rings. The summed E-state index contributed by atoms with van der Waals surface area (Å²) in [6, 6.07) is 0.398. The lowest BCUT2D eigenvalue weighted by atomic mass is 10.1. The van der Waals surface area contributed by atoms with Crippen molar-refractivity contribution in [3.63, 3.8) is 0 Å². The van der Waals surface area contributed by atoms with E-state index in [1.807, 2.05) is 6.20 Å². The summed E-state index contributed by atoms with van der Waals surface area (Å²) in [6.07, 6.45) is 6.69. The third kappa shape index (κ3) is 3.51. The summed E-state index contributed by atoms with van der Waals surface area (Å²) in [5.41, 5.74) is 0.885. The minimum atomic E-state index is 0. The smallest absolute Gasteiger partial charge is 0.146 e. The van der Waals surface area contributed by atoms with Gasteiger partial charge in [0.05, 0.1) is 5.39 Å². The van der Waals surface area contributed by atoms with Crippen LogP contribution >= 0.6 is 27.5 Å². The third-order valence-corrected chi connectivity index (χ3v) is 4.16. The second-order valence-corrected chi connectivity index (χ2v) is 5.66. The molecule has 0 saturated heterocycles. The molecule has 2 aromatic rings. The number of hydrogen-bond donors (Lipinski definition) is 0. The second kappa shape index (κ2) is 7.96. The molecule has 20 heavy (non-hydrogen) atoms. The largest absolute Gasteiger partial charge is 0.385 e. The van der Waals surface area contributed by atoms with Crippen LogP contribution in [0, 0.1) is 0 Å². The summed E-state index contributed by atoms with van der Waals surface area (Å²) in [7, 11) is 1.73. The van der Waals surface area contributed by atoms with Crippen molar-refractivity contribution < 1.29 is 4.74 Å². The van der Waals surface area contributed by atoms with E-state index in [-0.39, 0.29) is 7.43 Å². The first-order valence-electron chi connectivity index (χ1n) is 6.34. The van der Waals surface area contributed by atoms with Crippen LogP contribution in [-0.4, -0.2) is 28.3 Å². The Balaban J connectivity index is 0.00000200. The highest BCUT2D eigenvalue weighted by molar-refractivity contribution is 9.10. The first kappa shape index (κ1) is 17.4. The van der Waals surface area contributed by atoms with Crippen molar-refractivity contribution in [1.29, 1.82) is 0 Å². The van der Waals surface area contributed by atoms with Gasteiger partial charge < -0.3 is 9.30 Å². The molecule has 0 amide bonds. The van der Waals surface area contributed by atoms with Crippen LogP contribution < -0.4 is 0 Å². The third-order valence-electron chi connectivity index (χ3n) is 3.27. The number of rotatable bonds is 6. The van der Waals surface area contributed by atoms with Crippen LogP contribution in [-0.2, 0) is 4.74 Å². The minimum absolute atomic E-state index is 0. The molecule has 1 unspecified atom stereocenters. The summed E-state index contributed by atoms with van der Waals surface area (Å²) < 4.78 is 8.25. The Morgan fingerprint density at radius 2 is 2.20 bits per heavy atom. The van der Waals surface area contributed by atoms with E-state index in [1.54, 1.807) is 7.11 Å². The van der Waals surface area contributed by atoms with Crippen LogP contribution in [0.4, 0.5) is 0 Å². The topological polar surface area (TPSA) is 39.9 Å². The first-order valence-corrected chi connectivity index (χ1v) is 7.51. The Bertz CT molecular complexity index is 559. The molecule has 0 saturated carbocycles. The molecule has 2 heterocycles. The van der Waals surface area contributed by atoms with E-state index < -0.39 is 0 Å². The minimum Gasteiger partial charge on any atom is -0.385 e. The fraction of sp³-hybridized carbons (Fsp3) is 0.571. The van der Waals surface area contributed by atoms with Crippen molar-refractivity contribution in [2.24, 2.45) is 0 Å². The Hall–Kier alpha value is -0.650. The molecule has 2 rings (SSSR count). The van der Waals surface area contributed by atoms with Crippen molar-refractivity contribution >= 4 is 38.6 Å². The maximum absolute atomic E-state index is 6.14. The van der Waals surface area contributed by atoms with E-state index in [1.165, 1.54) is 6.33 Å². The molecule has 0 aliphatic rings. The molecule has 0 aromatic carbocycles. The monoisotopic (exact) mass is 361 g/mol. The summed E-state index contributed by atoms with van der Waals surface area (Å²) in [5, 5.41) is 1.37. The van der Waals surface area contributed by atoms with Crippen molar-refractivity contribution in [1.82, 2.24) is 14.5 Å². The lowest BCUT2D eigenvalue weighted by molar-refractivity contribution is 0.187. The molecule has 0 aliphatic carbocycles. The van der Waals surface area contributed by atoms with Crippen molar-refractivity contribution in [3.8, 4) is 0 Å². The zero-order valence-electron chi connectivity index (χ0n) is 11.1. The van der Waals surface area contributed by atoms with Gasteiger partial charge in [0.15, 0.2) is 0 Å². The van der Waals surface area contributed by atoms with Gasteiger partial charge in [-0.1, -0.05) is 26.0 Å². The van der Waals surface area contributed by atoms with Gasteiger partial charge in [-0.05, 0) is 35.2 Å². The summed E-state index contributed by atoms with van der Waals surface area (Å²) >= 11 is 9.67. The van der Waals surface area contributed by atoms with Gasteiger partial charge in [0.2, 0.25) is 0 Å². The lowest BCUT2D eigenvalue weighted by Gasteiger charge is -2.17. The van der Waals surface area contributed by atoms with Gasteiger partial charge in [0, 0.05) is 30.4 Å². The Labute approximate surface area is 133 Å². The van der Waals surface area contributed by atoms with E-state index in [0.29, 0.717) is 11.2 Å². The first-order chi connectivity index (χ1) is 9.19. The maximum atomic E-state index is 6.14. The van der Waals surface area contributed by atoms with Gasteiger partial charge in [-0.2, -0.15) is 0 Å². The van der Waals surface area contributed by atoms with Gasteiger partial charge in [0.25, 0.3) is 0 Å². The van der Waals surface area contributed by atoms with E-state index in [9.17, 15) is 0 Å². The Morgan fingerprint density at radius 1 is 1.45 bits per heavy atom. The van der Waals surface area contributed by atoms with Crippen LogP contribution in [0.3, 0.4) is 0 Å². The number of ether oxygens (including phenoxy) is 1. The molecule has 0 aliphatic heterocycles. The number of fused-ring (bicyclic) bond motifs is 1. The average Bonchev–Trinajstić information content (AvgIpc) is 2.74. The molecule has 112 valence electrons. The van der Waals surface area contributed by atoms with E-state index in [0.717, 1.165) is 41.4 Å². The fourth-order valence-corrected chi connectivity index (χ4v) is 3.22. The quantitative estimate of drug-likeness (QED) is 0.544. The molecule has 0 bridgehead atoms. The van der Waals surface area contributed by atoms with Gasteiger partial charge in [-0.3, -0.25) is 0 Å². The zero-order valence-corrected chi connectivity index (χ0v) is 13.4. The zero-order chi connectivity index (χ0) is 13.8.